The van der Waals surface area contributed by atoms with Crippen molar-refractivity contribution < 1.29 is 14.7 Å². The Balaban J connectivity index is 2.05. The van der Waals surface area contributed by atoms with Gasteiger partial charge in [0.15, 0.2) is 6.04 Å². The van der Waals surface area contributed by atoms with Crippen LogP contribution in [0.5, 0.6) is 0 Å². The molecule has 0 fully saturated rings. The normalized spacial score (nSPS) is 17.8. The Bertz CT molecular complexity index is 501. The van der Waals surface area contributed by atoms with Crippen molar-refractivity contribution in [3.8, 4) is 0 Å². The lowest BCUT2D eigenvalue weighted by Gasteiger charge is -2.18. The van der Waals surface area contributed by atoms with Gasteiger partial charge in [-0.2, -0.15) is 5.10 Å². The van der Waals surface area contributed by atoms with Crippen LogP contribution in [-0.4, -0.2) is 34.4 Å². The second-order valence-corrected chi connectivity index (χ2v) is 4.11. The first kappa shape index (κ1) is 12.4. The molecule has 1 aromatic rings. The summed E-state index contributed by atoms with van der Waals surface area (Å²) in [6, 6.07) is 4.96. The van der Waals surface area contributed by atoms with Crippen molar-refractivity contribution in [1.82, 2.24) is 5.01 Å². The predicted molar refractivity (Wildman–Crippen MR) is 66.8 cm³/mol. The molecule has 1 aliphatic rings. The summed E-state index contributed by atoms with van der Waals surface area (Å²) in [6.07, 6.45) is 1.61. The third-order valence-electron chi connectivity index (χ3n) is 2.42. The standard InChI is InChI=1S/C11H10ClN3O3/c12-7-1-3-8(4-2-7)14-11(18)15-9(10(16)17)5-6-13-15/h1-4,6,9H,5H2,(H,14,18)(H,16,17)/t9-/m1/s1. The number of carboxylic acid groups (broad SMARTS) is 1. The van der Waals surface area contributed by atoms with Crippen LogP contribution in [0.4, 0.5) is 10.5 Å². The number of benzene rings is 1. The number of hydrogen-bond acceptors (Lipinski definition) is 3. The number of halogens is 1. The first-order valence-electron chi connectivity index (χ1n) is 5.19. The summed E-state index contributed by atoms with van der Waals surface area (Å²) in [7, 11) is 0. The van der Waals surface area contributed by atoms with Crippen molar-refractivity contribution in [2.45, 2.75) is 12.5 Å². The lowest BCUT2D eigenvalue weighted by atomic mass is 10.2. The molecule has 1 atom stereocenters. The minimum atomic E-state index is -1.08. The molecule has 0 unspecified atom stereocenters. The number of amides is 2. The van der Waals surface area contributed by atoms with E-state index in [1.54, 1.807) is 24.3 Å². The van der Waals surface area contributed by atoms with E-state index in [4.69, 9.17) is 16.7 Å². The molecule has 6 nitrogen and oxygen atoms in total. The Hall–Kier alpha value is -2.08. The summed E-state index contributed by atoms with van der Waals surface area (Å²) < 4.78 is 0. The van der Waals surface area contributed by atoms with E-state index in [9.17, 15) is 9.59 Å². The number of carbonyl (C=O) groups is 2. The number of rotatable bonds is 2. The average molecular weight is 268 g/mol. The maximum atomic E-state index is 11.8. The zero-order chi connectivity index (χ0) is 13.1. The van der Waals surface area contributed by atoms with Crippen LogP contribution < -0.4 is 5.32 Å². The van der Waals surface area contributed by atoms with Gasteiger partial charge in [0.25, 0.3) is 0 Å². The maximum absolute atomic E-state index is 11.8. The van der Waals surface area contributed by atoms with Gasteiger partial charge in [0.2, 0.25) is 0 Å². The molecular weight excluding hydrogens is 258 g/mol. The highest BCUT2D eigenvalue weighted by Gasteiger charge is 2.32. The fraction of sp³-hybridized carbons (Fsp3) is 0.182. The molecule has 7 heteroatoms. The Kier molecular flexibility index (Phi) is 3.47. The molecule has 18 heavy (non-hydrogen) atoms. The Morgan fingerprint density at radius 3 is 2.67 bits per heavy atom. The van der Waals surface area contributed by atoms with E-state index in [0.717, 1.165) is 5.01 Å². The van der Waals surface area contributed by atoms with E-state index < -0.39 is 18.0 Å². The Morgan fingerprint density at radius 1 is 1.39 bits per heavy atom. The van der Waals surface area contributed by atoms with Crippen LogP contribution in [0.25, 0.3) is 0 Å². The SMILES string of the molecule is O=C(O)[C@H]1CC=NN1C(=O)Nc1ccc(Cl)cc1. The number of hydrazone groups is 1. The number of carbonyl (C=O) groups excluding carboxylic acids is 1. The van der Waals surface area contributed by atoms with E-state index in [1.807, 2.05) is 0 Å². The molecule has 0 saturated carbocycles. The van der Waals surface area contributed by atoms with Gasteiger partial charge in [-0.25, -0.2) is 14.6 Å². The summed E-state index contributed by atoms with van der Waals surface area (Å²) in [5, 5.41) is 16.7. The molecular formula is C11H10ClN3O3. The molecule has 1 heterocycles. The molecule has 0 bridgehead atoms. The molecule has 0 spiro atoms. The molecule has 94 valence electrons. The molecule has 2 N–H and O–H groups in total. The fourth-order valence-corrected chi connectivity index (χ4v) is 1.65. The van der Waals surface area contributed by atoms with Crippen molar-refractivity contribution in [3.05, 3.63) is 29.3 Å². The monoisotopic (exact) mass is 267 g/mol. The number of nitrogens with one attached hydrogen (secondary N) is 1. The van der Waals surface area contributed by atoms with Gasteiger partial charge < -0.3 is 10.4 Å². The summed E-state index contributed by atoms with van der Waals surface area (Å²) in [6.45, 7) is 0. The first-order chi connectivity index (χ1) is 8.58. The number of urea groups is 1. The molecule has 0 aromatic heterocycles. The summed E-state index contributed by atoms with van der Waals surface area (Å²) in [5.41, 5.74) is 0.524. The fourth-order valence-electron chi connectivity index (χ4n) is 1.53. The van der Waals surface area contributed by atoms with Crippen LogP contribution in [0.3, 0.4) is 0 Å². The smallest absolute Gasteiger partial charge is 0.343 e. The van der Waals surface area contributed by atoms with E-state index in [0.29, 0.717) is 10.7 Å². The van der Waals surface area contributed by atoms with Gasteiger partial charge >= 0.3 is 12.0 Å². The van der Waals surface area contributed by atoms with E-state index in [1.165, 1.54) is 6.21 Å². The Morgan fingerprint density at radius 2 is 2.06 bits per heavy atom. The molecule has 1 aromatic carbocycles. The van der Waals surface area contributed by atoms with E-state index in [2.05, 4.69) is 10.4 Å². The zero-order valence-electron chi connectivity index (χ0n) is 9.21. The van der Waals surface area contributed by atoms with Crippen LogP contribution in [0.1, 0.15) is 6.42 Å². The van der Waals surface area contributed by atoms with Crippen LogP contribution in [0, 0.1) is 0 Å². The first-order valence-corrected chi connectivity index (χ1v) is 5.57. The molecule has 0 saturated heterocycles. The number of anilines is 1. The van der Waals surface area contributed by atoms with Crippen molar-refractivity contribution in [1.29, 1.82) is 0 Å². The third-order valence-corrected chi connectivity index (χ3v) is 2.67. The summed E-state index contributed by atoms with van der Waals surface area (Å²) in [5.74, 6) is -1.08. The number of hydrogen-bond donors (Lipinski definition) is 2. The van der Waals surface area contributed by atoms with Crippen LogP contribution in [0.15, 0.2) is 29.4 Å². The van der Waals surface area contributed by atoms with Gasteiger partial charge in [0, 0.05) is 23.3 Å². The zero-order valence-corrected chi connectivity index (χ0v) is 9.96. The van der Waals surface area contributed by atoms with Crippen molar-refractivity contribution in [2.24, 2.45) is 5.10 Å². The molecule has 2 amide bonds. The quantitative estimate of drug-likeness (QED) is 0.860. The lowest BCUT2D eigenvalue weighted by molar-refractivity contribution is -0.141. The van der Waals surface area contributed by atoms with Crippen LogP contribution >= 0.6 is 11.6 Å². The van der Waals surface area contributed by atoms with E-state index >= 15 is 0 Å². The lowest BCUT2D eigenvalue weighted by Crippen LogP contribution is -2.40. The second kappa shape index (κ2) is 5.05. The number of nitrogens with zero attached hydrogens (tertiary/aromatic N) is 2. The summed E-state index contributed by atoms with van der Waals surface area (Å²) >= 11 is 5.72. The minimum absolute atomic E-state index is 0.212. The van der Waals surface area contributed by atoms with Crippen molar-refractivity contribution in [3.63, 3.8) is 0 Å². The van der Waals surface area contributed by atoms with E-state index in [-0.39, 0.29) is 6.42 Å². The minimum Gasteiger partial charge on any atom is -0.480 e. The Labute approximate surface area is 108 Å². The molecule has 0 radical (unpaired) electrons. The topological polar surface area (TPSA) is 82.0 Å². The second-order valence-electron chi connectivity index (χ2n) is 3.67. The van der Waals surface area contributed by atoms with Crippen molar-refractivity contribution in [2.75, 3.05) is 5.32 Å². The molecule has 1 aliphatic heterocycles. The highest BCUT2D eigenvalue weighted by atomic mass is 35.5. The molecule has 2 rings (SSSR count). The molecule has 0 aliphatic carbocycles. The van der Waals surface area contributed by atoms with Crippen molar-refractivity contribution >= 4 is 35.5 Å². The van der Waals surface area contributed by atoms with Gasteiger partial charge in [-0.1, -0.05) is 11.6 Å². The maximum Gasteiger partial charge on any atom is 0.343 e. The van der Waals surface area contributed by atoms with Gasteiger partial charge in [0.05, 0.1) is 0 Å². The highest BCUT2D eigenvalue weighted by Crippen LogP contribution is 2.16. The third kappa shape index (κ3) is 2.60. The number of aliphatic carboxylic acids is 1. The van der Waals surface area contributed by atoms with Gasteiger partial charge in [0.1, 0.15) is 0 Å². The summed E-state index contributed by atoms with van der Waals surface area (Å²) in [4.78, 5) is 22.7. The van der Waals surface area contributed by atoms with Gasteiger partial charge in [-0.05, 0) is 24.3 Å². The van der Waals surface area contributed by atoms with Gasteiger partial charge in [-0.3, -0.25) is 0 Å². The highest BCUT2D eigenvalue weighted by molar-refractivity contribution is 6.30. The number of carboxylic acids is 1. The largest absolute Gasteiger partial charge is 0.480 e. The predicted octanol–water partition coefficient (Wildman–Crippen LogP) is 2.02. The van der Waals surface area contributed by atoms with Crippen LogP contribution in [-0.2, 0) is 4.79 Å². The average Bonchev–Trinajstić information content (AvgIpc) is 2.81. The van der Waals surface area contributed by atoms with Gasteiger partial charge in [-0.15, -0.1) is 0 Å². The van der Waals surface area contributed by atoms with Crippen LogP contribution in [0.2, 0.25) is 5.02 Å².